The van der Waals surface area contributed by atoms with E-state index in [2.05, 4.69) is 15.2 Å². The highest BCUT2D eigenvalue weighted by molar-refractivity contribution is 6.31. The van der Waals surface area contributed by atoms with Crippen LogP contribution in [0.2, 0.25) is 5.02 Å². The average molecular weight is 441 g/mol. The molecular weight excluding hydrogens is 417 g/mol. The first-order valence-corrected chi connectivity index (χ1v) is 10.1. The van der Waals surface area contributed by atoms with E-state index in [1.165, 1.54) is 6.07 Å². The van der Waals surface area contributed by atoms with Crippen molar-refractivity contribution in [2.75, 3.05) is 36.4 Å². The first-order valence-electron chi connectivity index (χ1n) is 9.74. The second-order valence-corrected chi connectivity index (χ2v) is 7.84. The molecule has 0 saturated carbocycles. The number of anilines is 2. The van der Waals surface area contributed by atoms with Gasteiger partial charge in [0.25, 0.3) is 0 Å². The van der Waals surface area contributed by atoms with Crippen molar-refractivity contribution in [2.24, 2.45) is 0 Å². The molecule has 1 aliphatic heterocycles. The van der Waals surface area contributed by atoms with Crippen molar-refractivity contribution in [3.8, 4) is 0 Å². The van der Waals surface area contributed by atoms with Gasteiger partial charge in [0, 0.05) is 43.1 Å². The molecule has 1 saturated heterocycles. The molecule has 9 heteroatoms. The fourth-order valence-electron chi connectivity index (χ4n) is 3.43. The SMILES string of the molecule is Cc1ccc(Cl)cc1NC(=O)[C@H](C)N1CCCN(c2ccc(C(F)(F)F)cn2)CC1. The van der Waals surface area contributed by atoms with Crippen LogP contribution in [0.5, 0.6) is 0 Å². The van der Waals surface area contributed by atoms with Crippen molar-refractivity contribution in [1.82, 2.24) is 9.88 Å². The highest BCUT2D eigenvalue weighted by Gasteiger charge is 2.31. The maximum absolute atomic E-state index is 12.7. The Kier molecular flexibility index (Phi) is 6.88. The predicted molar refractivity (Wildman–Crippen MR) is 112 cm³/mol. The van der Waals surface area contributed by atoms with Crippen LogP contribution in [-0.4, -0.2) is 48.0 Å². The molecule has 1 aromatic heterocycles. The number of amides is 1. The molecule has 0 radical (unpaired) electrons. The first-order chi connectivity index (χ1) is 14.1. The van der Waals surface area contributed by atoms with Gasteiger partial charge in [0.2, 0.25) is 5.91 Å². The van der Waals surface area contributed by atoms with Crippen LogP contribution in [0.3, 0.4) is 0 Å². The Morgan fingerprint density at radius 3 is 2.60 bits per heavy atom. The van der Waals surface area contributed by atoms with Gasteiger partial charge in [-0.25, -0.2) is 4.98 Å². The summed E-state index contributed by atoms with van der Waals surface area (Å²) in [4.78, 5) is 20.7. The summed E-state index contributed by atoms with van der Waals surface area (Å²) in [6.07, 6.45) is -2.76. The number of carbonyl (C=O) groups excluding carboxylic acids is 1. The molecule has 0 spiro atoms. The minimum absolute atomic E-state index is 0.124. The van der Waals surface area contributed by atoms with E-state index in [0.29, 0.717) is 42.7 Å². The summed E-state index contributed by atoms with van der Waals surface area (Å²) >= 11 is 6.02. The van der Waals surface area contributed by atoms with Crippen molar-refractivity contribution < 1.29 is 18.0 Å². The lowest BCUT2D eigenvalue weighted by molar-refractivity contribution is -0.137. The van der Waals surface area contributed by atoms with Crippen molar-refractivity contribution in [1.29, 1.82) is 0 Å². The van der Waals surface area contributed by atoms with Crippen molar-refractivity contribution in [3.63, 3.8) is 0 Å². The van der Waals surface area contributed by atoms with Gasteiger partial charge in [-0.3, -0.25) is 9.69 Å². The molecule has 1 N–H and O–H groups in total. The average Bonchev–Trinajstić information content (AvgIpc) is 2.96. The molecule has 3 rings (SSSR count). The number of rotatable bonds is 4. The topological polar surface area (TPSA) is 48.5 Å². The molecule has 0 unspecified atom stereocenters. The minimum atomic E-state index is -4.40. The Hall–Kier alpha value is -2.32. The maximum atomic E-state index is 12.7. The molecule has 1 aromatic carbocycles. The summed E-state index contributed by atoms with van der Waals surface area (Å²) in [6, 6.07) is 7.44. The second-order valence-electron chi connectivity index (χ2n) is 7.40. The lowest BCUT2D eigenvalue weighted by Gasteiger charge is -2.27. The normalized spacial score (nSPS) is 16.8. The summed E-state index contributed by atoms with van der Waals surface area (Å²) in [5, 5.41) is 3.49. The molecule has 1 atom stereocenters. The van der Waals surface area contributed by atoms with Crippen LogP contribution in [0.1, 0.15) is 24.5 Å². The molecule has 0 aliphatic carbocycles. The summed E-state index contributed by atoms with van der Waals surface area (Å²) in [6.45, 7) is 6.30. The zero-order valence-corrected chi connectivity index (χ0v) is 17.6. The van der Waals surface area contributed by atoms with Gasteiger partial charge in [-0.1, -0.05) is 17.7 Å². The van der Waals surface area contributed by atoms with Gasteiger partial charge in [0.15, 0.2) is 0 Å². The van der Waals surface area contributed by atoms with E-state index in [9.17, 15) is 18.0 Å². The summed E-state index contributed by atoms with van der Waals surface area (Å²) < 4.78 is 38.2. The standard InChI is InChI=1S/C21H24ClF3N4O/c1-14-4-6-17(22)12-18(14)27-20(30)15(2)28-8-3-9-29(11-10-28)19-7-5-16(13-26-19)21(23,24)25/h4-7,12-13,15H,3,8-11H2,1-2H3,(H,27,30)/t15-/m0/s1. The predicted octanol–water partition coefficient (Wildman–Crippen LogP) is 4.60. The van der Waals surface area contributed by atoms with Gasteiger partial charge >= 0.3 is 6.18 Å². The molecule has 0 bridgehead atoms. The van der Waals surface area contributed by atoms with Crippen LogP contribution in [0.4, 0.5) is 24.7 Å². The number of nitrogens with one attached hydrogen (secondary N) is 1. The Bertz CT molecular complexity index is 889. The zero-order valence-electron chi connectivity index (χ0n) is 16.8. The van der Waals surface area contributed by atoms with E-state index < -0.39 is 11.7 Å². The van der Waals surface area contributed by atoms with Gasteiger partial charge in [-0.05, 0) is 50.1 Å². The number of hydrogen-bond donors (Lipinski definition) is 1. The molecule has 2 aromatic rings. The fraction of sp³-hybridized carbons (Fsp3) is 0.429. The van der Waals surface area contributed by atoms with Crippen molar-refractivity contribution >= 4 is 29.0 Å². The quantitative estimate of drug-likeness (QED) is 0.754. The van der Waals surface area contributed by atoms with Gasteiger partial charge < -0.3 is 10.2 Å². The molecule has 30 heavy (non-hydrogen) atoms. The summed E-state index contributed by atoms with van der Waals surface area (Å²) in [5.41, 5.74) is 0.851. The lowest BCUT2D eigenvalue weighted by atomic mass is 10.2. The third-order valence-corrected chi connectivity index (χ3v) is 5.55. The van der Waals surface area contributed by atoms with Gasteiger partial charge in [-0.2, -0.15) is 13.2 Å². The highest BCUT2D eigenvalue weighted by Crippen LogP contribution is 2.29. The van der Waals surface area contributed by atoms with Crippen molar-refractivity contribution in [2.45, 2.75) is 32.5 Å². The second kappa shape index (κ2) is 9.22. The number of benzene rings is 1. The third kappa shape index (κ3) is 5.43. The molecule has 1 aliphatic rings. The Morgan fingerprint density at radius 2 is 1.93 bits per heavy atom. The number of pyridine rings is 1. The molecule has 162 valence electrons. The zero-order chi connectivity index (χ0) is 21.9. The number of hydrogen-bond acceptors (Lipinski definition) is 4. The number of carbonyl (C=O) groups is 1. The lowest BCUT2D eigenvalue weighted by Crippen LogP contribution is -2.44. The maximum Gasteiger partial charge on any atom is 0.417 e. The molecule has 5 nitrogen and oxygen atoms in total. The first kappa shape index (κ1) is 22.4. The van der Waals surface area contributed by atoms with Crippen LogP contribution in [0.25, 0.3) is 0 Å². The number of alkyl halides is 3. The van der Waals surface area contributed by atoms with Crippen LogP contribution >= 0.6 is 11.6 Å². The Morgan fingerprint density at radius 1 is 1.17 bits per heavy atom. The molecule has 1 amide bonds. The van der Waals surface area contributed by atoms with E-state index in [-0.39, 0.29) is 11.9 Å². The number of halogens is 4. The Balaban J connectivity index is 1.61. The van der Waals surface area contributed by atoms with E-state index in [4.69, 9.17) is 11.6 Å². The summed E-state index contributed by atoms with van der Waals surface area (Å²) in [5.74, 6) is 0.387. The number of aryl methyl sites for hydroxylation is 1. The smallest absolute Gasteiger partial charge is 0.355 e. The van der Waals surface area contributed by atoms with E-state index in [1.54, 1.807) is 12.1 Å². The van der Waals surface area contributed by atoms with E-state index in [1.807, 2.05) is 24.8 Å². The monoisotopic (exact) mass is 440 g/mol. The van der Waals surface area contributed by atoms with Crippen molar-refractivity contribution in [3.05, 3.63) is 52.7 Å². The number of nitrogens with zero attached hydrogens (tertiary/aromatic N) is 3. The van der Waals surface area contributed by atoms with Crippen LogP contribution in [-0.2, 0) is 11.0 Å². The largest absolute Gasteiger partial charge is 0.417 e. The van der Waals surface area contributed by atoms with E-state index in [0.717, 1.165) is 24.2 Å². The highest BCUT2D eigenvalue weighted by atomic mass is 35.5. The van der Waals surface area contributed by atoms with Crippen LogP contribution in [0.15, 0.2) is 36.5 Å². The van der Waals surface area contributed by atoms with Gasteiger partial charge in [-0.15, -0.1) is 0 Å². The third-order valence-electron chi connectivity index (χ3n) is 5.31. The van der Waals surface area contributed by atoms with Crippen LogP contribution < -0.4 is 10.2 Å². The number of aromatic nitrogens is 1. The summed E-state index contributed by atoms with van der Waals surface area (Å²) in [7, 11) is 0. The Labute approximate surface area is 178 Å². The fourth-order valence-corrected chi connectivity index (χ4v) is 3.60. The van der Waals surface area contributed by atoms with E-state index >= 15 is 0 Å². The molecule has 2 heterocycles. The van der Waals surface area contributed by atoms with Crippen LogP contribution in [0, 0.1) is 6.92 Å². The molecule has 1 fully saturated rings. The molecular formula is C21H24ClF3N4O. The van der Waals surface area contributed by atoms with Gasteiger partial charge in [0.05, 0.1) is 11.6 Å². The van der Waals surface area contributed by atoms with Gasteiger partial charge in [0.1, 0.15) is 5.82 Å². The minimum Gasteiger partial charge on any atom is -0.355 e.